The second-order valence-electron chi connectivity index (χ2n) is 7.23. The van der Waals surface area contributed by atoms with Gasteiger partial charge in [0.05, 0.1) is 17.2 Å². The van der Waals surface area contributed by atoms with Gasteiger partial charge in [-0.05, 0) is 55.0 Å². The molecule has 4 rings (SSSR count). The zero-order chi connectivity index (χ0) is 25.2. The fourth-order valence-corrected chi connectivity index (χ4v) is 4.47. The molecular formula is C25H17F5N2O2S. The van der Waals surface area contributed by atoms with E-state index in [1.165, 1.54) is 30.3 Å². The molecule has 35 heavy (non-hydrogen) atoms. The van der Waals surface area contributed by atoms with Gasteiger partial charge >= 0.3 is 6.18 Å². The van der Waals surface area contributed by atoms with Gasteiger partial charge in [-0.2, -0.15) is 13.2 Å². The van der Waals surface area contributed by atoms with Crippen LogP contribution in [-0.2, 0) is 6.18 Å². The highest BCUT2D eigenvalue weighted by Gasteiger charge is 2.40. The van der Waals surface area contributed by atoms with E-state index in [-0.39, 0.29) is 39.2 Å². The molecule has 0 atom stereocenters. The van der Waals surface area contributed by atoms with Crippen molar-refractivity contribution in [2.45, 2.75) is 13.1 Å². The molecule has 0 aliphatic carbocycles. The number of carbonyl (C=O) groups is 1. The number of ether oxygens (including phenoxy) is 1. The summed E-state index contributed by atoms with van der Waals surface area (Å²) >= 11 is 0.604. The summed E-state index contributed by atoms with van der Waals surface area (Å²) in [5.41, 5.74) is -1.10. The molecule has 4 nitrogen and oxygen atoms in total. The molecule has 0 aliphatic rings. The molecule has 3 aromatic carbocycles. The van der Waals surface area contributed by atoms with Gasteiger partial charge in [-0.3, -0.25) is 4.79 Å². The highest BCUT2D eigenvalue weighted by molar-refractivity contribution is 7.19. The molecular weight excluding hydrogens is 487 g/mol. The maximum atomic E-state index is 14.0. The fraction of sp³-hybridized carbons (Fsp3) is 0.120. The predicted molar refractivity (Wildman–Crippen MR) is 123 cm³/mol. The van der Waals surface area contributed by atoms with Crippen molar-refractivity contribution in [2.75, 3.05) is 11.5 Å². The summed E-state index contributed by atoms with van der Waals surface area (Å²) in [6.07, 6.45) is -4.86. The Labute approximate surface area is 201 Å². The summed E-state index contributed by atoms with van der Waals surface area (Å²) in [7, 11) is 0. The van der Waals surface area contributed by atoms with Gasteiger partial charge in [-0.25, -0.2) is 18.7 Å². The first-order valence-corrected chi connectivity index (χ1v) is 11.2. The van der Waals surface area contributed by atoms with Crippen LogP contribution in [0, 0.1) is 11.6 Å². The maximum absolute atomic E-state index is 14.0. The number of halogens is 5. The van der Waals surface area contributed by atoms with E-state index >= 15 is 0 Å². The van der Waals surface area contributed by atoms with Gasteiger partial charge in [0, 0.05) is 5.56 Å². The number of benzene rings is 3. The smallest absolute Gasteiger partial charge is 0.434 e. The molecule has 1 amide bonds. The molecule has 0 unspecified atom stereocenters. The lowest BCUT2D eigenvalue weighted by molar-refractivity contribution is -0.140. The third-order valence-corrected chi connectivity index (χ3v) is 5.95. The normalized spacial score (nSPS) is 11.4. The Balaban J connectivity index is 1.94. The lowest BCUT2D eigenvalue weighted by Gasteiger charge is -2.22. The third kappa shape index (κ3) is 5.17. The lowest BCUT2D eigenvalue weighted by Crippen LogP contribution is -2.26. The first-order chi connectivity index (χ1) is 16.7. The molecule has 1 aromatic heterocycles. The van der Waals surface area contributed by atoms with Gasteiger partial charge in [0.1, 0.15) is 17.4 Å². The number of nitrogens with zero attached hydrogens (tertiary/aromatic N) is 2. The number of anilines is 2. The molecule has 0 fully saturated rings. The summed E-state index contributed by atoms with van der Waals surface area (Å²) < 4.78 is 74.8. The van der Waals surface area contributed by atoms with Gasteiger partial charge in [0.2, 0.25) is 0 Å². The van der Waals surface area contributed by atoms with Crippen LogP contribution in [-0.4, -0.2) is 17.5 Å². The van der Waals surface area contributed by atoms with Crippen molar-refractivity contribution in [1.82, 2.24) is 4.98 Å². The topological polar surface area (TPSA) is 42.4 Å². The van der Waals surface area contributed by atoms with Gasteiger partial charge in [-0.15, -0.1) is 0 Å². The van der Waals surface area contributed by atoms with Gasteiger partial charge < -0.3 is 4.74 Å². The molecule has 1 heterocycles. The summed E-state index contributed by atoms with van der Waals surface area (Å²) in [6, 6.07) is 15.6. The molecule has 0 N–H and O–H groups in total. The van der Waals surface area contributed by atoms with E-state index in [0.29, 0.717) is 11.3 Å². The van der Waals surface area contributed by atoms with Crippen LogP contribution in [0.4, 0.5) is 32.8 Å². The summed E-state index contributed by atoms with van der Waals surface area (Å²) in [4.78, 5) is 18.0. The summed E-state index contributed by atoms with van der Waals surface area (Å²) in [5.74, 6) is -1.87. The van der Waals surface area contributed by atoms with Gasteiger partial charge in [0.25, 0.3) is 5.91 Å². The second kappa shape index (κ2) is 9.83. The Kier molecular flexibility index (Phi) is 6.83. The monoisotopic (exact) mass is 504 g/mol. The third-order valence-electron chi connectivity index (χ3n) is 4.86. The Morgan fingerprint density at radius 3 is 2.34 bits per heavy atom. The van der Waals surface area contributed by atoms with Crippen molar-refractivity contribution in [2.24, 2.45) is 0 Å². The first-order valence-electron chi connectivity index (χ1n) is 10.3. The van der Waals surface area contributed by atoms with Crippen LogP contribution < -0.4 is 9.64 Å². The van der Waals surface area contributed by atoms with Crippen LogP contribution >= 0.6 is 11.3 Å². The first kappa shape index (κ1) is 24.3. The Morgan fingerprint density at radius 1 is 0.971 bits per heavy atom. The number of thiazole rings is 1. The van der Waals surface area contributed by atoms with Crippen LogP contribution in [0.25, 0.3) is 10.4 Å². The number of hydrogen-bond acceptors (Lipinski definition) is 4. The van der Waals surface area contributed by atoms with E-state index in [9.17, 15) is 26.7 Å². The molecule has 0 aliphatic heterocycles. The van der Waals surface area contributed by atoms with Gasteiger partial charge in [0.15, 0.2) is 10.8 Å². The van der Waals surface area contributed by atoms with Crippen molar-refractivity contribution in [3.05, 3.63) is 95.7 Å². The summed E-state index contributed by atoms with van der Waals surface area (Å²) in [5, 5.41) is -0.307. The Bertz CT molecular complexity index is 1350. The molecule has 0 spiro atoms. The molecule has 4 aromatic rings. The lowest BCUT2D eigenvalue weighted by atomic mass is 10.1. The number of hydrogen-bond donors (Lipinski definition) is 0. The Hall–Kier alpha value is -3.79. The minimum absolute atomic E-state index is 0.0822. The van der Waals surface area contributed by atoms with Crippen LogP contribution in [0.2, 0.25) is 0 Å². The number of rotatable bonds is 6. The van der Waals surface area contributed by atoms with Crippen LogP contribution in [0.3, 0.4) is 0 Å². The standard InChI is InChI=1S/C25H17F5N2O2S/c1-2-34-20-9-4-3-8-19(20)32(23(33)16-6-5-7-18(27)14-16)24-31-22(25(28,29)30)21(35-24)15-10-12-17(26)13-11-15/h3-14H,2H2,1H3. The van der Waals surface area contributed by atoms with E-state index < -0.39 is 29.4 Å². The molecule has 0 bridgehead atoms. The highest BCUT2D eigenvalue weighted by atomic mass is 32.1. The van der Waals surface area contributed by atoms with E-state index in [1.807, 2.05) is 0 Å². The predicted octanol–water partition coefficient (Wildman–Crippen LogP) is 7.48. The Morgan fingerprint density at radius 2 is 1.69 bits per heavy atom. The van der Waals surface area contributed by atoms with Crippen LogP contribution in [0.1, 0.15) is 23.0 Å². The second-order valence-corrected chi connectivity index (χ2v) is 8.21. The quantitative estimate of drug-likeness (QED) is 0.256. The van der Waals surface area contributed by atoms with E-state index in [0.717, 1.165) is 29.2 Å². The number of aromatic nitrogens is 1. The van der Waals surface area contributed by atoms with Crippen molar-refractivity contribution < 1.29 is 31.5 Å². The number of carbonyl (C=O) groups excluding carboxylic acids is 1. The maximum Gasteiger partial charge on any atom is 0.434 e. The molecule has 0 saturated carbocycles. The van der Waals surface area contributed by atoms with Crippen LogP contribution in [0.5, 0.6) is 5.75 Å². The highest BCUT2D eigenvalue weighted by Crippen LogP contribution is 2.46. The van der Waals surface area contributed by atoms with E-state index in [2.05, 4.69) is 4.98 Å². The van der Waals surface area contributed by atoms with Gasteiger partial charge in [-0.1, -0.05) is 41.7 Å². The average molecular weight is 504 g/mol. The van der Waals surface area contributed by atoms with Crippen molar-refractivity contribution in [3.63, 3.8) is 0 Å². The minimum atomic E-state index is -4.86. The summed E-state index contributed by atoms with van der Waals surface area (Å²) in [6.45, 7) is 1.94. The van der Waals surface area contributed by atoms with Crippen molar-refractivity contribution in [1.29, 1.82) is 0 Å². The van der Waals surface area contributed by atoms with E-state index in [4.69, 9.17) is 4.74 Å². The van der Waals surface area contributed by atoms with Crippen LogP contribution in [0.15, 0.2) is 72.8 Å². The zero-order valence-corrected chi connectivity index (χ0v) is 19.0. The largest absolute Gasteiger partial charge is 0.492 e. The number of alkyl halides is 3. The average Bonchev–Trinajstić information content (AvgIpc) is 3.26. The van der Waals surface area contributed by atoms with Crippen molar-refractivity contribution >= 4 is 28.1 Å². The molecule has 180 valence electrons. The fourth-order valence-electron chi connectivity index (χ4n) is 3.36. The zero-order valence-electron chi connectivity index (χ0n) is 18.1. The van der Waals surface area contributed by atoms with E-state index in [1.54, 1.807) is 25.1 Å². The molecule has 10 heteroatoms. The molecule has 0 radical (unpaired) electrons. The SMILES string of the molecule is CCOc1ccccc1N(C(=O)c1cccc(F)c1)c1nc(C(F)(F)F)c(-c2ccc(F)cc2)s1. The van der Waals surface area contributed by atoms with Crippen molar-refractivity contribution in [3.8, 4) is 16.2 Å². The molecule has 0 saturated heterocycles. The number of amides is 1. The number of para-hydroxylation sites is 2. The minimum Gasteiger partial charge on any atom is -0.492 e.